The summed E-state index contributed by atoms with van der Waals surface area (Å²) in [6.07, 6.45) is 0. The van der Waals surface area contributed by atoms with E-state index in [9.17, 15) is 0 Å². The molecule has 0 unspecified atom stereocenters. The Balaban J connectivity index is 0. The van der Waals surface area contributed by atoms with E-state index in [-0.39, 0.29) is 167 Å². The largest absolute Gasteiger partial charge is 0 e. The molecule has 28 valence electrons. The SMILES string of the molecule is [Ca].[Ca].[Co].[Fe].[La].[Ti]. The Morgan fingerprint density at radius 2 is 0.833 bits per heavy atom. The van der Waals surface area contributed by atoms with E-state index < -0.39 is 0 Å². The standard InChI is InChI=1S/2Ca.Co.Fe.La.Ti. The summed E-state index contributed by atoms with van der Waals surface area (Å²) in [5.74, 6) is 0. The van der Waals surface area contributed by atoms with Crippen LogP contribution in [-0.2, 0) is 55.6 Å². The number of hydrogen-bond donors (Lipinski definition) is 0. The van der Waals surface area contributed by atoms with Crippen molar-refractivity contribution in [2.24, 2.45) is 0 Å². The second-order valence-corrected chi connectivity index (χ2v) is 0. The zero-order valence-corrected chi connectivity index (χ0v) is 14.9. The van der Waals surface area contributed by atoms with Gasteiger partial charge in [-0.3, -0.25) is 0 Å². The monoisotopic (exact) mass is 382 g/mol. The third-order valence-corrected chi connectivity index (χ3v) is 0. The van der Waals surface area contributed by atoms with Gasteiger partial charge in [0.2, 0.25) is 0 Å². The Kier molecular flexibility index (Phi) is 220. The quantitative estimate of drug-likeness (QED) is 0.484. The second-order valence-electron chi connectivity index (χ2n) is 0. The fourth-order valence-electron chi connectivity index (χ4n) is 0. The molecule has 6 heteroatoms. The zero-order chi connectivity index (χ0) is 0. The first-order chi connectivity index (χ1) is 0. The van der Waals surface area contributed by atoms with E-state index >= 15 is 0 Å². The molecule has 0 aliphatic carbocycles. The van der Waals surface area contributed by atoms with Gasteiger partial charge in [-0.05, 0) is 0 Å². The summed E-state index contributed by atoms with van der Waals surface area (Å²) in [6, 6.07) is 0. The van der Waals surface area contributed by atoms with Crippen LogP contribution in [0.3, 0.4) is 0 Å². The minimum atomic E-state index is 0. The van der Waals surface area contributed by atoms with Gasteiger partial charge in [-0.25, -0.2) is 0 Å². The summed E-state index contributed by atoms with van der Waals surface area (Å²) >= 11 is 0. The Labute approximate surface area is 162 Å². The van der Waals surface area contributed by atoms with Crippen molar-refractivity contribution in [2.75, 3.05) is 0 Å². The van der Waals surface area contributed by atoms with Crippen LogP contribution < -0.4 is 0 Å². The van der Waals surface area contributed by atoms with Gasteiger partial charge in [0.1, 0.15) is 0 Å². The molecule has 0 spiro atoms. The summed E-state index contributed by atoms with van der Waals surface area (Å²) in [5, 5.41) is 0. The molecular weight excluding hydrogens is 382 g/mol. The normalized spacial score (nSPS) is 0. The Bertz CT molecular complexity index is 13.5. The molecule has 0 N–H and O–H groups in total. The van der Waals surface area contributed by atoms with Crippen molar-refractivity contribution in [1.82, 2.24) is 0 Å². The van der Waals surface area contributed by atoms with Gasteiger partial charge >= 0.3 is 0 Å². The first-order valence-electron chi connectivity index (χ1n) is 0. The predicted molar refractivity (Wildman–Crippen MR) is 11.5 cm³/mol. The molecule has 0 amide bonds. The van der Waals surface area contributed by atoms with Crippen molar-refractivity contribution in [3.8, 4) is 0 Å². The molecule has 6 radical (unpaired) electrons. The van der Waals surface area contributed by atoms with E-state index in [1.54, 1.807) is 0 Å². The minimum Gasteiger partial charge on any atom is 0 e. The van der Waals surface area contributed by atoms with E-state index in [1.807, 2.05) is 0 Å². The van der Waals surface area contributed by atoms with Gasteiger partial charge in [0, 0.05) is 167 Å². The third-order valence-electron chi connectivity index (χ3n) is 0. The van der Waals surface area contributed by atoms with Crippen LogP contribution in [0.15, 0.2) is 0 Å². The van der Waals surface area contributed by atoms with Crippen LogP contribution in [0.2, 0.25) is 0 Å². The second kappa shape index (κ2) is 31.4. The fraction of sp³-hybridized carbons (Fsp3) is 0. The maximum Gasteiger partial charge on any atom is 0 e. The van der Waals surface area contributed by atoms with Crippen LogP contribution in [0.25, 0.3) is 0 Å². The van der Waals surface area contributed by atoms with Gasteiger partial charge < -0.3 is 0 Å². The van der Waals surface area contributed by atoms with E-state index in [0.29, 0.717) is 0 Å². The van der Waals surface area contributed by atoms with Gasteiger partial charge in [0.25, 0.3) is 0 Å². The van der Waals surface area contributed by atoms with E-state index in [4.69, 9.17) is 0 Å². The Hall–Kier alpha value is 5.45. The molecule has 0 heterocycles. The van der Waals surface area contributed by atoms with Crippen molar-refractivity contribution < 1.29 is 91.2 Å². The molecule has 0 aromatic heterocycles. The van der Waals surface area contributed by atoms with Crippen LogP contribution >= 0.6 is 0 Å². The molecule has 0 nitrogen and oxygen atoms in total. The van der Waals surface area contributed by atoms with Crippen LogP contribution in [0, 0.1) is 35.6 Å². The fourth-order valence-corrected chi connectivity index (χ4v) is 0. The van der Waals surface area contributed by atoms with Crippen molar-refractivity contribution in [2.45, 2.75) is 0 Å². The molecule has 0 fully saturated rings. The van der Waals surface area contributed by atoms with Crippen molar-refractivity contribution in [3.05, 3.63) is 0 Å². The molecule has 0 aromatic carbocycles. The van der Waals surface area contributed by atoms with Gasteiger partial charge in [-0.1, -0.05) is 0 Å². The summed E-state index contributed by atoms with van der Waals surface area (Å²) in [5.41, 5.74) is 0. The van der Waals surface area contributed by atoms with E-state index in [0.717, 1.165) is 0 Å². The molecule has 0 aliphatic rings. The molecule has 6 heavy (non-hydrogen) atoms. The zero-order valence-electron chi connectivity index (χ0n) is 3.18. The third kappa shape index (κ3) is 22.7. The summed E-state index contributed by atoms with van der Waals surface area (Å²) < 4.78 is 0. The molecule has 0 aliphatic heterocycles. The van der Waals surface area contributed by atoms with Crippen molar-refractivity contribution >= 4 is 75.5 Å². The Morgan fingerprint density at radius 1 is 0.833 bits per heavy atom. The molecule has 0 saturated carbocycles. The van der Waals surface area contributed by atoms with Crippen LogP contribution in [0.5, 0.6) is 0 Å². The van der Waals surface area contributed by atoms with Gasteiger partial charge in [-0.2, -0.15) is 0 Å². The number of hydrogen-bond acceptors (Lipinski definition) is 0. The summed E-state index contributed by atoms with van der Waals surface area (Å²) in [7, 11) is 0. The smallest absolute Gasteiger partial charge is 0 e. The van der Waals surface area contributed by atoms with Gasteiger partial charge in [0.15, 0.2) is 0 Å². The maximum atomic E-state index is 0. The van der Waals surface area contributed by atoms with Gasteiger partial charge in [0.05, 0.1) is 0 Å². The molecule has 0 aromatic rings. The minimum absolute atomic E-state index is 0. The molecule has 0 atom stereocenters. The van der Waals surface area contributed by atoms with Crippen LogP contribution in [0.1, 0.15) is 0 Å². The van der Waals surface area contributed by atoms with Crippen LogP contribution in [-0.4, -0.2) is 75.5 Å². The molecule has 0 rings (SSSR count). The summed E-state index contributed by atoms with van der Waals surface area (Å²) in [6.45, 7) is 0. The van der Waals surface area contributed by atoms with Crippen molar-refractivity contribution in [1.29, 1.82) is 0 Å². The topological polar surface area (TPSA) is 0 Å². The molecule has 0 saturated heterocycles. The average Bonchev–Trinajstić information content (AvgIpc) is 0. The molecule has 0 bridgehead atoms. The number of rotatable bonds is 0. The van der Waals surface area contributed by atoms with Crippen LogP contribution in [0.4, 0.5) is 0 Å². The van der Waals surface area contributed by atoms with Gasteiger partial charge in [-0.15, -0.1) is 0 Å². The predicted octanol–water partition coefficient (Wildman–Crippen LogP) is -0.769. The summed E-state index contributed by atoms with van der Waals surface area (Å²) in [4.78, 5) is 0. The van der Waals surface area contributed by atoms with Crippen molar-refractivity contribution in [3.63, 3.8) is 0 Å². The maximum absolute atomic E-state index is 0. The average molecular weight is 382 g/mol. The molecular formula is Ca2CoFeLaTi. The van der Waals surface area contributed by atoms with E-state index in [2.05, 4.69) is 0 Å². The Morgan fingerprint density at radius 3 is 0.833 bits per heavy atom. The van der Waals surface area contributed by atoms with E-state index in [1.165, 1.54) is 0 Å². The first-order valence-corrected chi connectivity index (χ1v) is 0. The first kappa shape index (κ1) is 42.1.